The van der Waals surface area contributed by atoms with Crippen LogP contribution < -0.4 is 5.32 Å². The Hall–Kier alpha value is 0. The van der Waals surface area contributed by atoms with Crippen molar-refractivity contribution in [1.82, 2.24) is 10.2 Å². The summed E-state index contributed by atoms with van der Waals surface area (Å²) in [7, 11) is 0. The van der Waals surface area contributed by atoms with Crippen LogP contribution in [0.2, 0.25) is 0 Å². The van der Waals surface area contributed by atoms with Crippen LogP contribution in [0.15, 0.2) is 0 Å². The first-order valence-corrected chi connectivity index (χ1v) is 4.83. The summed E-state index contributed by atoms with van der Waals surface area (Å²) >= 11 is 0. The van der Waals surface area contributed by atoms with Crippen molar-refractivity contribution in [2.24, 2.45) is 5.41 Å². The van der Waals surface area contributed by atoms with Crippen molar-refractivity contribution < 1.29 is 13.2 Å². The van der Waals surface area contributed by atoms with Gasteiger partial charge in [0.2, 0.25) is 6.43 Å². The molecule has 0 spiro atoms. The minimum absolute atomic E-state index is 0. The van der Waals surface area contributed by atoms with Crippen LogP contribution in [0, 0.1) is 5.41 Å². The largest absolute Gasteiger partial charge is 0.314 e. The molecule has 0 aliphatic carbocycles. The standard InChI is InChI=1S/C9H17F3N2.ClH/c1-9(2,7(10)11)8(12)14-5-3-13-4-6-14;/h7-8,13H,3-6H2,1-2H3;1H. The fraction of sp³-hybridized carbons (Fsp3) is 1.00. The maximum Gasteiger partial charge on any atom is 0.247 e. The van der Waals surface area contributed by atoms with Gasteiger partial charge in [-0.25, -0.2) is 13.2 Å². The van der Waals surface area contributed by atoms with Gasteiger partial charge in [-0.1, -0.05) is 13.8 Å². The number of halogens is 4. The van der Waals surface area contributed by atoms with E-state index in [1.54, 1.807) is 0 Å². The van der Waals surface area contributed by atoms with Gasteiger partial charge in [-0.2, -0.15) is 0 Å². The van der Waals surface area contributed by atoms with Gasteiger partial charge in [-0.15, -0.1) is 12.4 Å². The van der Waals surface area contributed by atoms with Gasteiger partial charge in [0.05, 0.1) is 5.41 Å². The minimum Gasteiger partial charge on any atom is -0.314 e. The fourth-order valence-electron chi connectivity index (χ4n) is 1.48. The van der Waals surface area contributed by atoms with Gasteiger partial charge < -0.3 is 5.32 Å². The highest BCUT2D eigenvalue weighted by molar-refractivity contribution is 5.85. The van der Waals surface area contributed by atoms with E-state index in [-0.39, 0.29) is 12.4 Å². The third-order valence-corrected chi connectivity index (χ3v) is 2.65. The molecule has 0 aromatic carbocycles. The third-order valence-electron chi connectivity index (χ3n) is 2.65. The Morgan fingerprint density at radius 1 is 1.13 bits per heavy atom. The maximum atomic E-state index is 13.7. The monoisotopic (exact) mass is 246 g/mol. The number of nitrogens with one attached hydrogen (secondary N) is 1. The van der Waals surface area contributed by atoms with Crippen LogP contribution in [-0.2, 0) is 0 Å². The number of alkyl halides is 3. The predicted octanol–water partition coefficient (Wildman–Crippen LogP) is 1.90. The molecule has 2 nitrogen and oxygen atoms in total. The van der Waals surface area contributed by atoms with E-state index in [4.69, 9.17) is 0 Å². The molecule has 0 aromatic heterocycles. The Kier molecular flexibility index (Phi) is 5.92. The lowest BCUT2D eigenvalue weighted by Gasteiger charge is -2.38. The molecule has 1 saturated heterocycles. The zero-order valence-electron chi connectivity index (χ0n) is 8.97. The van der Waals surface area contributed by atoms with Crippen molar-refractivity contribution in [3.63, 3.8) is 0 Å². The molecule has 0 bridgehead atoms. The van der Waals surface area contributed by atoms with E-state index in [1.165, 1.54) is 18.7 Å². The van der Waals surface area contributed by atoms with Crippen LogP contribution in [0.25, 0.3) is 0 Å². The Bertz CT molecular complexity index is 184. The molecule has 1 aliphatic heterocycles. The van der Waals surface area contributed by atoms with Crippen LogP contribution in [0.1, 0.15) is 13.8 Å². The van der Waals surface area contributed by atoms with Gasteiger partial charge in [0, 0.05) is 26.2 Å². The predicted molar refractivity (Wildman–Crippen MR) is 56.4 cm³/mol. The second-order valence-corrected chi connectivity index (χ2v) is 4.24. The van der Waals surface area contributed by atoms with E-state index in [0.29, 0.717) is 26.2 Å². The lowest BCUT2D eigenvalue weighted by Crippen LogP contribution is -2.53. The van der Waals surface area contributed by atoms with Crippen molar-refractivity contribution in [1.29, 1.82) is 0 Å². The van der Waals surface area contributed by atoms with Gasteiger partial charge in [0.25, 0.3) is 0 Å². The molecule has 1 unspecified atom stereocenters. The molecule has 0 saturated carbocycles. The average molecular weight is 247 g/mol. The SMILES string of the molecule is CC(C)(C(F)F)C(F)N1CCNCC1.Cl. The van der Waals surface area contributed by atoms with E-state index in [9.17, 15) is 13.2 Å². The van der Waals surface area contributed by atoms with E-state index >= 15 is 0 Å². The molecule has 0 amide bonds. The van der Waals surface area contributed by atoms with Crippen molar-refractivity contribution in [3.05, 3.63) is 0 Å². The Labute approximate surface area is 94.6 Å². The second kappa shape index (κ2) is 5.92. The second-order valence-electron chi connectivity index (χ2n) is 4.24. The molecule has 1 heterocycles. The van der Waals surface area contributed by atoms with Crippen molar-refractivity contribution >= 4 is 12.4 Å². The molecule has 6 heteroatoms. The van der Waals surface area contributed by atoms with Crippen molar-refractivity contribution in [3.8, 4) is 0 Å². The summed E-state index contributed by atoms with van der Waals surface area (Å²) in [6.07, 6.45) is -4.20. The summed E-state index contributed by atoms with van der Waals surface area (Å²) in [5, 5.41) is 3.05. The smallest absolute Gasteiger partial charge is 0.247 e. The van der Waals surface area contributed by atoms with Crippen molar-refractivity contribution in [2.45, 2.75) is 26.6 Å². The van der Waals surface area contributed by atoms with E-state index < -0.39 is 18.1 Å². The van der Waals surface area contributed by atoms with Gasteiger partial charge >= 0.3 is 0 Å². The highest BCUT2D eigenvalue weighted by atomic mass is 35.5. The molecular formula is C9H18ClF3N2. The lowest BCUT2D eigenvalue weighted by atomic mass is 9.91. The van der Waals surface area contributed by atoms with Gasteiger partial charge in [0.15, 0.2) is 6.30 Å². The molecule has 15 heavy (non-hydrogen) atoms. The van der Waals surface area contributed by atoms with Gasteiger partial charge in [-0.05, 0) is 0 Å². The molecule has 1 aliphatic rings. The van der Waals surface area contributed by atoms with Gasteiger partial charge in [-0.3, -0.25) is 4.90 Å². The van der Waals surface area contributed by atoms with Crippen molar-refractivity contribution in [2.75, 3.05) is 26.2 Å². The number of nitrogens with zero attached hydrogens (tertiary/aromatic N) is 1. The Morgan fingerprint density at radius 2 is 1.60 bits per heavy atom. The van der Waals surface area contributed by atoms with E-state index in [1.807, 2.05) is 0 Å². The number of rotatable bonds is 3. The minimum atomic E-state index is -2.63. The molecule has 1 fully saturated rings. The van der Waals surface area contributed by atoms with Crippen LogP contribution in [0.4, 0.5) is 13.2 Å². The highest BCUT2D eigenvalue weighted by Crippen LogP contribution is 2.33. The first-order valence-electron chi connectivity index (χ1n) is 4.83. The molecule has 92 valence electrons. The summed E-state index contributed by atoms with van der Waals surface area (Å²) in [6, 6.07) is 0. The summed E-state index contributed by atoms with van der Waals surface area (Å²) in [4.78, 5) is 1.47. The number of hydrogen-bond donors (Lipinski definition) is 1. The summed E-state index contributed by atoms with van der Waals surface area (Å²) < 4.78 is 38.8. The quantitative estimate of drug-likeness (QED) is 0.766. The number of piperazine rings is 1. The van der Waals surface area contributed by atoms with Crippen LogP contribution in [0.5, 0.6) is 0 Å². The molecule has 0 radical (unpaired) electrons. The van der Waals surface area contributed by atoms with Crippen LogP contribution in [0.3, 0.4) is 0 Å². The number of hydrogen-bond acceptors (Lipinski definition) is 2. The maximum absolute atomic E-state index is 13.7. The molecule has 0 aromatic rings. The molecule has 1 rings (SSSR count). The topological polar surface area (TPSA) is 15.3 Å². The van der Waals surface area contributed by atoms with E-state index in [0.717, 1.165) is 0 Å². The summed E-state index contributed by atoms with van der Waals surface area (Å²) in [6.45, 7) is 4.86. The zero-order valence-corrected chi connectivity index (χ0v) is 9.79. The Balaban J connectivity index is 0.00000196. The first-order chi connectivity index (χ1) is 6.46. The summed E-state index contributed by atoms with van der Waals surface area (Å²) in [5.74, 6) is 0. The first kappa shape index (κ1) is 15.0. The average Bonchev–Trinajstić information content (AvgIpc) is 2.17. The van der Waals surface area contributed by atoms with E-state index in [2.05, 4.69) is 5.32 Å². The zero-order chi connectivity index (χ0) is 10.8. The highest BCUT2D eigenvalue weighted by Gasteiger charge is 2.42. The normalized spacial score (nSPS) is 21.2. The third kappa shape index (κ3) is 3.50. The molecule has 1 N–H and O–H groups in total. The molecular weight excluding hydrogens is 229 g/mol. The fourth-order valence-corrected chi connectivity index (χ4v) is 1.48. The van der Waals surface area contributed by atoms with Gasteiger partial charge in [0.1, 0.15) is 0 Å². The summed E-state index contributed by atoms with van der Waals surface area (Å²) in [5.41, 5.74) is -1.59. The van der Waals surface area contributed by atoms with Crippen LogP contribution in [-0.4, -0.2) is 43.8 Å². The lowest BCUT2D eigenvalue weighted by molar-refractivity contribution is -0.100. The molecule has 1 atom stereocenters. The van der Waals surface area contributed by atoms with Crippen LogP contribution >= 0.6 is 12.4 Å². The Morgan fingerprint density at radius 3 is 2.00 bits per heavy atom.